The van der Waals surface area contributed by atoms with Gasteiger partial charge in [0.05, 0.1) is 5.92 Å². The van der Waals surface area contributed by atoms with Crippen molar-refractivity contribution in [3.05, 3.63) is 86.4 Å². The molecule has 0 spiro atoms. The fourth-order valence-electron chi connectivity index (χ4n) is 3.78. The van der Waals surface area contributed by atoms with Gasteiger partial charge in [0.15, 0.2) is 0 Å². The topological polar surface area (TPSA) is 87.7 Å². The van der Waals surface area contributed by atoms with E-state index in [0.717, 1.165) is 38.1 Å². The van der Waals surface area contributed by atoms with E-state index in [4.69, 9.17) is 22.1 Å². The van der Waals surface area contributed by atoms with Gasteiger partial charge in [-0.3, -0.25) is 5.10 Å². The molecule has 7 heteroatoms. The summed E-state index contributed by atoms with van der Waals surface area (Å²) in [6.07, 6.45) is 0. The standard InChI is InChI=1S/C23H21ClN4OS/c1-12-8-13(2)18(9-15(12)11-30-17-6-4-16(24)5-7-17)21-19(10-25)22(26)29-23-20(21)14(3)27-28-23/h4-9,21H,11,26H2,1-3H3,(H,27,28)/t21-/m1/s1. The van der Waals surface area contributed by atoms with Crippen LogP contribution in [0.3, 0.4) is 0 Å². The van der Waals surface area contributed by atoms with Crippen LogP contribution in [-0.2, 0) is 5.75 Å². The van der Waals surface area contributed by atoms with Crippen molar-refractivity contribution in [2.45, 2.75) is 37.3 Å². The van der Waals surface area contributed by atoms with Gasteiger partial charge in [0.2, 0.25) is 11.8 Å². The van der Waals surface area contributed by atoms with Crippen molar-refractivity contribution in [3.8, 4) is 11.9 Å². The highest BCUT2D eigenvalue weighted by Crippen LogP contribution is 2.44. The maximum Gasteiger partial charge on any atom is 0.244 e. The number of aromatic nitrogens is 2. The molecule has 0 amide bonds. The summed E-state index contributed by atoms with van der Waals surface area (Å²) in [7, 11) is 0. The van der Waals surface area contributed by atoms with Gasteiger partial charge in [-0.1, -0.05) is 23.7 Å². The molecule has 2 aromatic carbocycles. The lowest BCUT2D eigenvalue weighted by Gasteiger charge is -2.26. The van der Waals surface area contributed by atoms with E-state index in [0.29, 0.717) is 11.5 Å². The first kappa shape index (κ1) is 20.4. The Morgan fingerprint density at radius 3 is 2.63 bits per heavy atom. The molecule has 1 atom stereocenters. The Morgan fingerprint density at radius 2 is 1.93 bits per heavy atom. The molecule has 30 heavy (non-hydrogen) atoms. The van der Waals surface area contributed by atoms with Crippen LogP contribution in [0.1, 0.15) is 39.4 Å². The van der Waals surface area contributed by atoms with Crippen molar-refractivity contribution in [1.82, 2.24) is 10.2 Å². The fourth-order valence-corrected chi connectivity index (χ4v) is 4.87. The van der Waals surface area contributed by atoms with Crippen LogP contribution in [0.4, 0.5) is 0 Å². The lowest BCUT2D eigenvalue weighted by Crippen LogP contribution is -2.21. The van der Waals surface area contributed by atoms with Crippen molar-refractivity contribution in [2.75, 3.05) is 0 Å². The zero-order chi connectivity index (χ0) is 21.4. The predicted octanol–water partition coefficient (Wildman–Crippen LogP) is 5.50. The molecule has 0 fully saturated rings. The molecule has 4 rings (SSSR count). The highest BCUT2D eigenvalue weighted by Gasteiger charge is 2.35. The molecule has 152 valence electrons. The number of rotatable bonds is 4. The number of halogens is 1. The highest BCUT2D eigenvalue weighted by atomic mass is 35.5. The zero-order valence-electron chi connectivity index (χ0n) is 16.9. The van der Waals surface area contributed by atoms with Crippen molar-refractivity contribution in [2.24, 2.45) is 5.73 Å². The van der Waals surface area contributed by atoms with E-state index >= 15 is 0 Å². The summed E-state index contributed by atoms with van der Waals surface area (Å²) in [4.78, 5) is 1.15. The predicted molar refractivity (Wildman–Crippen MR) is 120 cm³/mol. The molecule has 0 aliphatic carbocycles. The summed E-state index contributed by atoms with van der Waals surface area (Å²) >= 11 is 7.75. The van der Waals surface area contributed by atoms with E-state index in [9.17, 15) is 5.26 Å². The monoisotopic (exact) mass is 436 g/mol. The number of hydrogen-bond donors (Lipinski definition) is 2. The molecule has 2 heterocycles. The van der Waals surface area contributed by atoms with Crippen molar-refractivity contribution >= 4 is 23.4 Å². The molecule has 3 N–H and O–H groups in total. The molecule has 3 aromatic rings. The minimum atomic E-state index is -0.308. The van der Waals surface area contributed by atoms with Crippen LogP contribution in [0.2, 0.25) is 5.02 Å². The normalized spacial score (nSPS) is 15.5. The lowest BCUT2D eigenvalue weighted by atomic mass is 9.81. The summed E-state index contributed by atoms with van der Waals surface area (Å²) < 4.78 is 5.59. The van der Waals surface area contributed by atoms with Gasteiger partial charge < -0.3 is 10.5 Å². The maximum atomic E-state index is 9.82. The van der Waals surface area contributed by atoms with Crippen LogP contribution in [-0.4, -0.2) is 10.2 Å². The van der Waals surface area contributed by atoms with Crippen LogP contribution < -0.4 is 10.5 Å². The molecule has 1 aromatic heterocycles. The summed E-state index contributed by atoms with van der Waals surface area (Å²) in [6.45, 7) is 6.11. The number of nitrogens with two attached hydrogens (primary N) is 1. The molecule has 1 aliphatic heterocycles. The van der Waals surface area contributed by atoms with Crippen molar-refractivity contribution < 1.29 is 4.74 Å². The Morgan fingerprint density at radius 1 is 1.20 bits per heavy atom. The van der Waals surface area contributed by atoms with E-state index in [1.807, 2.05) is 31.2 Å². The van der Waals surface area contributed by atoms with Crippen LogP contribution in [0.25, 0.3) is 0 Å². The second kappa shape index (κ2) is 8.10. The summed E-state index contributed by atoms with van der Waals surface area (Å²) in [6, 6.07) is 14.4. The van der Waals surface area contributed by atoms with Gasteiger partial charge in [-0.2, -0.15) is 5.26 Å². The number of aromatic amines is 1. The SMILES string of the molecule is Cc1cc(C)c([C@@H]2C(C#N)=C(N)Oc3n[nH]c(C)c32)cc1CSc1ccc(Cl)cc1. The molecule has 0 saturated carbocycles. The molecule has 1 aliphatic rings. The van der Waals surface area contributed by atoms with Gasteiger partial charge in [-0.25, -0.2) is 0 Å². The van der Waals surface area contributed by atoms with Crippen LogP contribution >= 0.6 is 23.4 Å². The molecular formula is C23H21ClN4OS. The Hall–Kier alpha value is -2.88. The van der Waals surface area contributed by atoms with E-state index in [-0.39, 0.29) is 11.8 Å². The Bertz CT molecular complexity index is 1190. The first-order valence-corrected chi connectivity index (χ1v) is 10.9. The van der Waals surface area contributed by atoms with Gasteiger partial charge in [-0.05, 0) is 67.3 Å². The van der Waals surface area contributed by atoms with E-state index < -0.39 is 0 Å². The first-order valence-electron chi connectivity index (χ1n) is 9.50. The van der Waals surface area contributed by atoms with Gasteiger partial charge >= 0.3 is 0 Å². The van der Waals surface area contributed by atoms with Crippen LogP contribution in [0, 0.1) is 32.1 Å². The average Bonchev–Trinajstić information content (AvgIpc) is 3.08. The third kappa shape index (κ3) is 3.67. The minimum absolute atomic E-state index is 0.110. The molecule has 5 nitrogen and oxygen atoms in total. The zero-order valence-corrected chi connectivity index (χ0v) is 18.5. The summed E-state index contributed by atoms with van der Waals surface area (Å²) in [5.41, 5.74) is 12.8. The van der Waals surface area contributed by atoms with Gasteiger partial charge in [-0.15, -0.1) is 16.9 Å². The van der Waals surface area contributed by atoms with Crippen molar-refractivity contribution in [3.63, 3.8) is 0 Å². The number of thioether (sulfide) groups is 1. The number of fused-ring (bicyclic) bond motifs is 1. The Kier molecular flexibility index (Phi) is 5.50. The number of benzene rings is 2. The smallest absolute Gasteiger partial charge is 0.244 e. The number of allylic oxidation sites excluding steroid dienone is 1. The fraction of sp³-hybridized carbons (Fsp3) is 0.217. The highest BCUT2D eigenvalue weighted by molar-refractivity contribution is 7.98. The van der Waals surface area contributed by atoms with Gasteiger partial charge in [0, 0.05) is 26.9 Å². The van der Waals surface area contributed by atoms with Crippen molar-refractivity contribution in [1.29, 1.82) is 5.26 Å². The van der Waals surface area contributed by atoms with E-state index in [1.54, 1.807) is 11.8 Å². The van der Waals surface area contributed by atoms with Gasteiger partial charge in [0.1, 0.15) is 11.6 Å². The summed E-state index contributed by atoms with van der Waals surface area (Å²) in [5, 5.41) is 17.7. The largest absolute Gasteiger partial charge is 0.420 e. The first-order chi connectivity index (χ1) is 14.4. The average molecular weight is 437 g/mol. The quantitative estimate of drug-likeness (QED) is 0.527. The number of aryl methyl sites for hydroxylation is 3. The maximum absolute atomic E-state index is 9.82. The Balaban J connectivity index is 1.75. The van der Waals surface area contributed by atoms with E-state index in [2.05, 4.69) is 42.2 Å². The van der Waals surface area contributed by atoms with Gasteiger partial charge in [0.25, 0.3) is 0 Å². The second-order valence-electron chi connectivity index (χ2n) is 7.37. The number of ether oxygens (including phenoxy) is 1. The third-order valence-corrected chi connectivity index (χ3v) is 6.69. The Labute approximate surface area is 184 Å². The molecule has 0 saturated heterocycles. The molecule has 0 unspecified atom stereocenters. The molecule has 0 radical (unpaired) electrons. The third-order valence-electron chi connectivity index (χ3n) is 5.37. The number of H-pyrrole nitrogens is 1. The number of nitriles is 1. The van der Waals surface area contributed by atoms with E-state index in [1.165, 1.54) is 11.1 Å². The van der Waals surface area contributed by atoms with Crippen LogP contribution in [0.15, 0.2) is 52.7 Å². The number of hydrogen-bond acceptors (Lipinski definition) is 5. The minimum Gasteiger partial charge on any atom is -0.420 e. The molecular weight excluding hydrogens is 416 g/mol. The number of nitrogens with one attached hydrogen (secondary N) is 1. The second-order valence-corrected chi connectivity index (χ2v) is 8.86. The molecule has 0 bridgehead atoms. The summed E-state index contributed by atoms with van der Waals surface area (Å²) in [5.74, 6) is 1.05. The van der Waals surface area contributed by atoms with Crippen LogP contribution in [0.5, 0.6) is 5.88 Å². The lowest BCUT2D eigenvalue weighted by molar-refractivity contribution is 0.378. The number of nitrogens with zero attached hydrogens (tertiary/aromatic N) is 2.